The van der Waals surface area contributed by atoms with Gasteiger partial charge < -0.3 is 14.2 Å². The van der Waals surface area contributed by atoms with Crippen LogP contribution in [0.25, 0.3) is 0 Å². The van der Waals surface area contributed by atoms with Crippen LogP contribution in [0.3, 0.4) is 0 Å². The predicted molar refractivity (Wildman–Crippen MR) is 107 cm³/mol. The summed E-state index contributed by atoms with van der Waals surface area (Å²) in [6, 6.07) is 5.03. The molecule has 8 heteroatoms. The lowest BCUT2D eigenvalue weighted by Crippen LogP contribution is -2.41. The van der Waals surface area contributed by atoms with Gasteiger partial charge in [0.1, 0.15) is 17.1 Å². The fourth-order valence-electron chi connectivity index (χ4n) is 3.21. The Morgan fingerprint density at radius 3 is 2.75 bits per heavy atom. The summed E-state index contributed by atoms with van der Waals surface area (Å²) in [6.07, 6.45) is 1.93. The molecule has 0 saturated carbocycles. The van der Waals surface area contributed by atoms with E-state index in [1.165, 1.54) is 0 Å². The van der Waals surface area contributed by atoms with Gasteiger partial charge in [-0.2, -0.15) is 0 Å². The average molecular weight is 414 g/mol. The van der Waals surface area contributed by atoms with Crippen molar-refractivity contribution in [2.24, 2.45) is 0 Å². The molecule has 0 saturated heterocycles. The first kappa shape index (κ1) is 22.5. The molecule has 1 aromatic carbocycles. The number of rotatable bonds is 10. The molecule has 1 aliphatic rings. The van der Waals surface area contributed by atoms with Gasteiger partial charge in [0.15, 0.2) is 0 Å². The summed E-state index contributed by atoms with van der Waals surface area (Å²) in [4.78, 5) is 11.4. The van der Waals surface area contributed by atoms with E-state index in [0.717, 1.165) is 5.56 Å². The Bertz CT molecular complexity index is 775. The van der Waals surface area contributed by atoms with Gasteiger partial charge in [-0.05, 0) is 51.8 Å². The smallest absolute Gasteiger partial charge is 0.305 e. The van der Waals surface area contributed by atoms with Crippen LogP contribution in [0.1, 0.15) is 65.0 Å². The first-order valence-electron chi connectivity index (χ1n) is 9.77. The van der Waals surface area contributed by atoms with E-state index in [1.54, 1.807) is 19.1 Å². The van der Waals surface area contributed by atoms with Crippen molar-refractivity contribution in [1.29, 1.82) is 0 Å². The third-order valence-electron chi connectivity index (χ3n) is 4.33. The van der Waals surface area contributed by atoms with Crippen molar-refractivity contribution < 1.29 is 27.4 Å². The molecule has 0 aliphatic carbocycles. The third kappa shape index (κ3) is 6.67. The maximum Gasteiger partial charge on any atom is 0.305 e. The molecule has 0 spiro atoms. The van der Waals surface area contributed by atoms with Crippen molar-refractivity contribution in [3.63, 3.8) is 0 Å². The Kier molecular flexibility index (Phi) is 7.71. The molecule has 1 heterocycles. The number of fused-ring (bicyclic) bond motifs is 1. The van der Waals surface area contributed by atoms with Crippen LogP contribution >= 0.6 is 0 Å². The highest BCUT2D eigenvalue weighted by Gasteiger charge is 2.35. The Morgan fingerprint density at radius 2 is 2.07 bits per heavy atom. The van der Waals surface area contributed by atoms with Crippen LogP contribution in [0.5, 0.6) is 11.5 Å². The topological polar surface area (TPSA) is 90.9 Å². The molecule has 7 nitrogen and oxygen atoms in total. The molecule has 0 bridgehead atoms. The highest BCUT2D eigenvalue weighted by molar-refractivity contribution is 7.89. The second-order valence-electron chi connectivity index (χ2n) is 7.51. The van der Waals surface area contributed by atoms with Crippen molar-refractivity contribution >= 4 is 16.0 Å². The number of esters is 1. The molecule has 0 fully saturated rings. The molecule has 158 valence electrons. The van der Waals surface area contributed by atoms with Crippen molar-refractivity contribution in [2.45, 2.75) is 65.0 Å². The zero-order valence-electron chi connectivity index (χ0n) is 17.1. The van der Waals surface area contributed by atoms with Crippen LogP contribution in [0.15, 0.2) is 18.2 Å². The lowest BCUT2D eigenvalue weighted by molar-refractivity contribution is -0.143. The molecule has 2 rings (SSSR count). The van der Waals surface area contributed by atoms with Gasteiger partial charge in [0, 0.05) is 18.4 Å². The molecule has 0 radical (unpaired) electrons. The van der Waals surface area contributed by atoms with Gasteiger partial charge in [-0.1, -0.05) is 6.92 Å². The Hall–Kier alpha value is -1.80. The maximum absolute atomic E-state index is 12.3. The zero-order valence-corrected chi connectivity index (χ0v) is 17.9. The predicted octanol–water partition coefficient (Wildman–Crippen LogP) is 3.34. The van der Waals surface area contributed by atoms with E-state index in [1.807, 2.05) is 26.8 Å². The fraction of sp³-hybridized carbons (Fsp3) is 0.650. The van der Waals surface area contributed by atoms with Gasteiger partial charge in [-0.3, -0.25) is 4.79 Å². The van der Waals surface area contributed by atoms with E-state index >= 15 is 0 Å². The highest BCUT2D eigenvalue weighted by Crippen LogP contribution is 2.41. The summed E-state index contributed by atoms with van der Waals surface area (Å²) < 4.78 is 44.1. The molecule has 0 aromatic heterocycles. The lowest BCUT2D eigenvalue weighted by atomic mass is 9.90. The number of carbonyl (C=O) groups excluding carboxylic acids is 1. The van der Waals surface area contributed by atoms with Gasteiger partial charge in [-0.25, -0.2) is 13.1 Å². The number of nitrogens with one attached hydrogen (secondary N) is 1. The summed E-state index contributed by atoms with van der Waals surface area (Å²) in [6.45, 7) is 8.24. The van der Waals surface area contributed by atoms with Gasteiger partial charge in [-0.15, -0.1) is 0 Å². The first-order valence-corrected chi connectivity index (χ1v) is 11.4. The average Bonchev–Trinajstić information content (AvgIpc) is 2.58. The van der Waals surface area contributed by atoms with Crippen LogP contribution < -0.4 is 14.2 Å². The van der Waals surface area contributed by atoms with Crippen LogP contribution in [-0.4, -0.2) is 39.0 Å². The first-order chi connectivity index (χ1) is 13.2. The Labute approximate surface area is 167 Å². The molecule has 0 amide bonds. The van der Waals surface area contributed by atoms with E-state index < -0.39 is 15.6 Å². The standard InChI is InChI=1S/C20H31NO6S/c1-5-12-28(23,24)21-17-14-20(3,4)27-18-10-9-15(13-16(17)18)26-11-7-8-19(22)25-6-2/h9-10,13,17,21H,5-8,11-12,14H2,1-4H3. The number of hydrogen-bond acceptors (Lipinski definition) is 6. The number of ether oxygens (including phenoxy) is 3. The van der Waals surface area contributed by atoms with Gasteiger partial charge in [0.25, 0.3) is 0 Å². The van der Waals surface area contributed by atoms with E-state index in [0.29, 0.717) is 50.4 Å². The highest BCUT2D eigenvalue weighted by atomic mass is 32.2. The molecule has 28 heavy (non-hydrogen) atoms. The van der Waals surface area contributed by atoms with Crippen molar-refractivity contribution in [1.82, 2.24) is 4.72 Å². The normalized spacial score (nSPS) is 18.1. The summed E-state index contributed by atoms with van der Waals surface area (Å²) in [5.74, 6) is 1.12. The second-order valence-corrected chi connectivity index (χ2v) is 9.39. The number of sulfonamides is 1. The maximum atomic E-state index is 12.3. The molecule has 1 aliphatic heterocycles. The van der Waals surface area contributed by atoms with E-state index in [-0.39, 0.29) is 17.8 Å². The van der Waals surface area contributed by atoms with Crippen molar-refractivity contribution in [2.75, 3.05) is 19.0 Å². The van der Waals surface area contributed by atoms with Crippen molar-refractivity contribution in [3.8, 4) is 11.5 Å². The lowest BCUT2D eigenvalue weighted by Gasteiger charge is -2.38. The molecule has 1 N–H and O–H groups in total. The van der Waals surface area contributed by atoms with Gasteiger partial charge in [0.2, 0.25) is 10.0 Å². The number of benzene rings is 1. The van der Waals surface area contributed by atoms with Crippen LogP contribution in [0, 0.1) is 0 Å². The molecule has 1 unspecified atom stereocenters. The van der Waals surface area contributed by atoms with E-state index in [9.17, 15) is 13.2 Å². The zero-order chi connectivity index (χ0) is 20.8. The summed E-state index contributed by atoms with van der Waals surface area (Å²) in [5.41, 5.74) is 0.288. The van der Waals surface area contributed by atoms with Gasteiger partial charge in [0.05, 0.1) is 25.0 Å². The number of carbonyl (C=O) groups is 1. The van der Waals surface area contributed by atoms with E-state index in [4.69, 9.17) is 14.2 Å². The monoisotopic (exact) mass is 413 g/mol. The van der Waals surface area contributed by atoms with Crippen molar-refractivity contribution in [3.05, 3.63) is 23.8 Å². The van der Waals surface area contributed by atoms with Gasteiger partial charge >= 0.3 is 5.97 Å². The summed E-state index contributed by atoms with van der Waals surface area (Å²) >= 11 is 0. The molecular formula is C20H31NO6S. The minimum atomic E-state index is -3.37. The summed E-state index contributed by atoms with van der Waals surface area (Å²) in [5, 5.41) is 0. The third-order valence-corrected chi connectivity index (χ3v) is 5.92. The van der Waals surface area contributed by atoms with Crippen LogP contribution in [0.2, 0.25) is 0 Å². The largest absolute Gasteiger partial charge is 0.494 e. The fourth-order valence-corrected chi connectivity index (χ4v) is 4.51. The van der Waals surface area contributed by atoms with Crippen LogP contribution in [-0.2, 0) is 19.6 Å². The summed E-state index contributed by atoms with van der Waals surface area (Å²) in [7, 11) is -3.37. The molecule has 1 atom stereocenters. The quantitative estimate of drug-likeness (QED) is 0.467. The van der Waals surface area contributed by atoms with Crippen LogP contribution in [0.4, 0.5) is 0 Å². The van der Waals surface area contributed by atoms with E-state index in [2.05, 4.69) is 4.72 Å². The second kappa shape index (κ2) is 9.60. The Morgan fingerprint density at radius 1 is 1.32 bits per heavy atom. The SMILES string of the molecule is CCCS(=O)(=O)NC1CC(C)(C)Oc2ccc(OCCCC(=O)OCC)cc21. The molecular weight excluding hydrogens is 382 g/mol. The minimum absolute atomic E-state index is 0.0875. The minimum Gasteiger partial charge on any atom is -0.494 e. The molecule has 1 aromatic rings. The Balaban J connectivity index is 2.09. The number of hydrogen-bond donors (Lipinski definition) is 1.